The molecule has 0 bridgehead atoms. The van der Waals surface area contributed by atoms with Gasteiger partial charge in [0.25, 0.3) is 0 Å². The minimum absolute atomic E-state index is 0.219. The molecule has 0 heterocycles. The molecular weight excluding hydrogens is 390 g/mol. The number of hydrogen-bond acceptors (Lipinski definition) is 3. The fraction of sp³-hybridized carbons (Fsp3) is 0.368. The van der Waals surface area contributed by atoms with E-state index >= 15 is 0 Å². The maximum absolute atomic E-state index is 10.1. The predicted molar refractivity (Wildman–Crippen MR) is 102 cm³/mol. The Balaban J connectivity index is 1.74. The largest absolute Gasteiger partial charge is 0.389 e. The summed E-state index contributed by atoms with van der Waals surface area (Å²) >= 11 is 9.53. The van der Waals surface area contributed by atoms with Crippen LogP contribution >= 0.6 is 27.5 Å². The highest BCUT2D eigenvalue weighted by Gasteiger charge is 2.12. The van der Waals surface area contributed by atoms with Crippen LogP contribution in [0, 0.1) is 0 Å². The molecule has 3 nitrogen and oxygen atoms in total. The first-order valence-corrected chi connectivity index (χ1v) is 9.25. The third kappa shape index (κ3) is 6.19. The maximum Gasteiger partial charge on any atom is 0.0898 e. The van der Waals surface area contributed by atoms with Crippen molar-refractivity contribution in [2.24, 2.45) is 0 Å². The van der Waals surface area contributed by atoms with Gasteiger partial charge in [0.2, 0.25) is 0 Å². The smallest absolute Gasteiger partial charge is 0.0898 e. The van der Waals surface area contributed by atoms with E-state index in [0.717, 1.165) is 16.5 Å². The quantitative estimate of drug-likeness (QED) is 0.626. The molecule has 0 unspecified atom stereocenters. The van der Waals surface area contributed by atoms with Crippen molar-refractivity contribution in [3.63, 3.8) is 0 Å². The van der Waals surface area contributed by atoms with Crippen LogP contribution in [0.1, 0.15) is 30.5 Å². The van der Waals surface area contributed by atoms with E-state index in [4.69, 9.17) is 16.3 Å². The van der Waals surface area contributed by atoms with E-state index in [9.17, 15) is 5.11 Å². The van der Waals surface area contributed by atoms with Crippen LogP contribution in [0.3, 0.4) is 0 Å². The van der Waals surface area contributed by atoms with Crippen molar-refractivity contribution in [1.82, 2.24) is 5.32 Å². The van der Waals surface area contributed by atoms with E-state index in [-0.39, 0.29) is 12.6 Å². The molecule has 2 N–H and O–H groups in total. The maximum atomic E-state index is 10.1. The first-order valence-electron chi connectivity index (χ1n) is 8.08. The number of hydrogen-bond donors (Lipinski definition) is 2. The fourth-order valence-corrected chi connectivity index (χ4v) is 2.91. The predicted octanol–water partition coefficient (Wildman–Crippen LogP) is 4.72. The lowest BCUT2D eigenvalue weighted by atomic mass is 10.0. The van der Waals surface area contributed by atoms with Crippen LogP contribution in [0.4, 0.5) is 0 Å². The minimum Gasteiger partial charge on any atom is -0.389 e. The minimum atomic E-state index is -0.558. The number of rotatable bonds is 9. The van der Waals surface area contributed by atoms with Gasteiger partial charge < -0.3 is 15.2 Å². The number of aliphatic hydroxyl groups excluding tert-OH is 1. The molecule has 0 aromatic heterocycles. The van der Waals surface area contributed by atoms with E-state index in [1.165, 1.54) is 5.56 Å². The molecule has 2 atom stereocenters. The molecule has 24 heavy (non-hydrogen) atoms. The molecule has 0 aliphatic rings. The number of ether oxygens (including phenoxy) is 1. The Hall–Kier alpha value is -0.910. The molecule has 0 aliphatic heterocycles. The monoisotopic (exact) mass is 411 g/mol. The van der Waals surface area contributed by atoms with Crippen molar-refractivity contribution >= 4 is 27.5 Å². The molecule has 2 rings (SSSR count). The molecule has 5 heteroatoms. The zero-order valence-electron chi connectivity index (χ0n) is 13.7. The average Bonchev–Trinajstić information content (AvgIpc) is 2.58. The van der Waals surface area contributed by atoms with Gasteiger partial charge in [0, 0.05) is 22.1 Å². The summed E-state index contributed by atoms with van der Waals surface area (Å²) < 4.78 is 6.63. The molecule has 0 spiro atoms. The van der Waals surface area contributed by atoms with Gasteiger partial charge in [-0.25, -0.2) is 0 Å². The summed E-state index contributed by atoms with van der Waals surface area (Å²) in [6.07, 6.45) is 0.395. The molecule has 0 amide bonds. The molecule has 130 valence electrons. The Labute approximate surface area is 157 Å². The highest BCUT2D eigenvalue weighted by molar-refractivity contribution is 9.10. The fourth-order valence-electron chi connectivity index (χ4n) is 2.45. The molecule has 2 aromatic rings. The van der Waals surface area contributed by atoms with Crippen LogP contribution in [0.15, 0.2) is 53.0 Å². The van der Waals surface area contributed by atoms with E-state index in [2.05, 4.69) is 40.3 Å². The topological polar surface area (TPSA) is 41.5 Å². The van der Waals surface area contributed by atoms with E-state index in [0.29, 0.717) is 18.2 Å². The molecule has 0 aliphatic carbocycles. The van der Waals surface area contributed by atoms with Crippen molar-refractivity contribution in [2.45, 2.75) is 32.1 Å². The van der Waals surface area contributed by atoms with Crippen LogP contribution in [-0.4, -0.2) is 24.4 Å². The highest BCUT2D eigenvalue weighted by atomic mass is 79.9. The van der Waals surface area contributed by atoms with Gasteiger partial charge in [0.1, 0.15) is 0 Å². The SMILES string of the molecule is CC[C@@H](NC[C@H](O)COCc1ccccc1Cl)c1ccc(Br)cc1. The third-order valence-corrected chi connectivity index (χ3v) is 4.70. The second-order valence-electron chi connectivity index (χ2n) is 5.68. The second-order valence-corrected chi connectivity index (χ2v) is 7.00. The van der Waals surface area contributed by atoms with Gasteiger partial charge in [0.15, 0.2) is 0 Å². The summed E-state index contributed by atoms with van der Waals surface area (Å²) in [6.45, 7) is 3.28. The lowest BCUT2D eigenvalue weighted by Crippen LogP contribution is -2.33. The highest BCUT2D eigenvalue weighted by Crippen LogP contribution is 2.19. The third-order valence-electron chi connectivity index (χ3n) is 3.81. The van der Waals surface area contributed by atoms with E-state index < -0.39 is 6.10 Å². The number of aliphatic hydroxyl groups is 1. The van der Waals surface area contributed by atoms with Crippen molar-refractivity contribution in [2.75, 3.05) is 13.2 Å². The zero-order valence-corrected chi connectivity index (χ0v) is 16.1. The van der Waals surface area contributed by atoms with Gasteiger partial charge in [0.05, 0.1) is 19.3 Å². The Morgan fingerprint density at radius 1 is 1.17 bits per heavy atom. The summed E-state index contributed by atoms with van der Waals surface area (Å²) in [6, 6.07) is 16.0. The summed E-state index contributed by atoms with van der Waals surface area (Å²) in [7, 11) is 0. The number of benzene rings is 2. The summed E-state index contributed by atoms with van der Waals surface area (Å²) in [5.41, 5.74) is 2.14. The summed E-state index contributed by atoms with van der Waals surface area (Å²) in [4.78, 5) is 0. The Morgan fingerprint density at radius 3 is 2.54 bits per heavy atom. The van der Waals surface area contributed by atoms with Crippen molar-refractivity contribution in [3.8, 4) is 0 Å². The lowest BCUT2D eigenvalue weighted by molar-refractivity contribution is 0.0275. The van der Waals surface area contributed by atoms with Gasteiger partial charge in [-0.05, 0) is 35.7 Å². The molecular formula is C19H23BrClNO2. The molecule has 2 aromatic carbocycles. The first-order chi connectivity index (χ1) is 11.6. The van der Waals surface area contributed by atoms with Crippen molar-refractivity contribution < 1.29 is 9.84 Å². The van der Waals surface area contributed by atoms with Gasteiger partial charge >= 0.3 is 0 Å². The lowest BCUT2D eigenvalue weighted by Gasteiger charge is -2.20. The normalized spacial score (nSPS) is 13.7. The molecule has 0 saturated heterocycles. The van der Waals surface area contributed by atoms with Crippen LogP contribution in [0.25, 0.3) is 0 Å². The van der Waals surface area contributed by atoms with Gasteiger partial charge in [-0.2, -0.15) is 0 Å². The van der Waals surface area contributed by atoms with Crippen LogP contribution < -0.4 is 5.32 Å². The summed E-state index contributed by atoms with van der Waals surface area (Å²) in [5.74, 6) is 0. The van der Waals surface area contributed by atoms with Crippen LogP contribution in [-0.2, 0) is 11.3 Å². The zero-order chi connectivity index (χ0) is 17.4. The standard InChI is InChI=1S/C19H23BrClNO2/c1-2-19(14-7-9-16(20)10-8-14)22-11-17(23)13-24-12-15-5-3-4-6-18(15)21/h3-10,17,19,22-23H,2,11-13H2,1H3/t17-,19+/m0/s1. The molecule has 0 saturated carbocycles. The number of nitrogens with one attached hydrogen (secondary N) is 1. The van der Waals surface area contributed by atoms with E-state index in [1.807, 2.05) is 36.4 Å². The van der Waals surface area contributed by atoms with E-state index in [1.54, 1.807) is 0 Å². The van der Waals surface area contributed by atoms with Crippen molar-refractivity contribution in [1.29, 1.82) is 0 Å². The van der Waals surface area contributed by atoms with Crippen LogP contribution in [0.2, 0.25) is 5.02 Å². The molecule has 0 fully saturated rings. The van der Waals surface area contributed by atoms with Crippen LogP contribution in [0.5, 0.6) is 0 Å². The second kappa shape index (κ2) is 10.2. The first kappa shape index (κ1) is 19.4. The van der Waals surface area contributed by atoms with Crippen molar-refractivity contribution in [3.05, 3.63) is 69.2 Å². The Bertz CT molecular complexity index is 621. The average molecular weight is 413 g/mol. The number of halogens is 2. The van der Waals surface area contributed by atoms with Gasteiger partial charge in [-0.1, -0.05) is 64.8 Å². The van der Waals surface area contributed by atoms with Gasteiger partial charge in [-0.15, -0.1) is 0 Å². The summed E-state index contributed by atoms with van der Waals surface area (Å²) in [5, 5.41) is 14.2. The Morgan fingerprint density at radius 2 is 1.88 bits per heavy atom. The molecule has 0 radical (unpaired) electrons. The Kier molecular flexibility index (Phi) is 8.22. The van der Waals surface area contributed by atoms with Gasteiger partial charge in [-0.3, -0.25) is 0 Å².